The summed E-state index contributed by atoms with van der Waals surface area (Å²) < 4.78 is 33.0. The smallest absolute Gasteiger partial charge is 0.462 e. The zero-order valence-electron chi connectivity index (χ0n) is 48.7. The van der Waals surface area contributed by atoms with Crippen LogP contribution in [0, 0.1) is 0 Å². The molecule has 0 amide bonds. The Morgan fingerprint density at radius 2 is 0.671 bits per heavy atom. The van der Waals surface area contributed by atoms with Gasteiger partial charge in [-0.05, 0) is 38.5 Å². The molecule has 0 saturated carbocycles. The third-order valence-electron chi connectivity index (χ3n) is 14.7. The number of allylic oxidation sites excluding steroid dienone is 2. The molecule has 0 radical (unpaired) electrons. The Hall–Kier alpha value is -1.25. The minimum Gasteiger partial charge on any atom is -0.462 e. The highest BCUT2D eigenvalue weighted by molar-refractivity contribution is 7.47. The molecule has 0 aliphatic carbocycles. The molecule has 0 aromatic rings. The number of phosphoric ester groups is 1. The molecular weight excluding hydrogens is 930 g/mol. The number of hydrogen-bond donors (Lipinski definition) is 2. The standard InChI is InChI=1S/C63H124NO8P/c1-3-5-7-9-11-13-15-17-19-20-21-22-23-24-25-26-27-28-29-30-31-32-33-34-35-36-37-38-39-40-42-44-46-48-50-52-54-56-63(66)72-61(60-71-73(67,68)70-58-57-64)59-69-62(65)55-53-51-49-47-45-43-41-18-16-14-12-10-8-6-4-2/h20-21,61H,3-19,22-60,64H2,1-2H3,(H,67,68)/b21-20-. The van der Waals surface area contributed by atoms with Gasteiger partial charge in [0.1, 0.15) is 6.61 Å². The number of esters is 2. The van der Waals surface area contributed by atoms with Crippen LogP contribution >= 0.6 is 7.82 Å². The molecule has 0 rings (SSSR count). The quantitative estimate of drug-likeness (QED) is 0.0264. The fraction of sp³-hybridized carbons (Fsp3) is 0.937. The molecule has 0 spiro atoms. The maximum absolute atomic E-state index is 12.7. The number of hydrogen-bond acceptors (Lipinski definition) is 8. The van der Waals surface area contributed by atoms with Gasteiger partial charge in [0, 0.05) is 19.4 Å². The minimum absolute atomic E-state index is 0.0578. The zero-order valence-corrected chi connectivity index (χ0v) is 49.6. The summed E-state index contributed by atoms with van der Waals surface area (Å²) in [5.41, 5.74) is 5.38. The fourth-order valence-corrected chi connectivity index (χ4v) is 10.6. The second-order valence-corrected chi connectivity index (χ2v) is 23.4. The van der Waals surface area contributed by atoms with Crippen molar-refractivity contribution in [2.75, 3.05) is 26.4 Å². The van der Waals surface area contributed by atoms with Gasteiger partial charge in [-0.3, -0.25) is 18.6 Å². The summed E-state index contributed by atoms with van der Waals surface area (Å²) in [6.07, 6.45) is 70.3. The fourth-order valence-electron chi connectivity index (χ4n) is 9.87. The summed E-state index contributed by atoms with van der Waals surface area (Å²) >= 11 is 0. The van der Waals surface area contributed by atoms with Gasteiger partial charge in [-0.1, -0.05) is 309 Å². The van der Waals surface area contributed by atoms with Crippen molar-refractivity contribution < 1.29 is 37.6 Å². The summed E-state index contributed by atoms with van der Waals surface area (Å²) in [5.74, 6) is -0.805. The predicted octanol–water partition coefficient (Wildman–Crippen LogP) is 20.4. The third-order valence-corrected chi connectivity index (χ3v) is 15.6. The normalized spacial score (nSPS) is 13.0. The summed E-state index contributed by atoms with van der Waals surface area (Å²) in [6, 6.07) is 0. The number of phosphoric acid groups is 1. The van der Waals surface area contributed by atoms with Crippen molar-refractivity contribution >= 4 is 19.8 Å². The molecule has 10 heteroatoms. The van der Waals surface area contributed by atoms with E-state index in [-0.39, 0.29) is 38.6 Å². The van der Waals surface area contributed by atoms with Gasteiger partial charge in [-0.2, -0.15) is 0 Å². The van der Waals surface area contributed by atoms with E-state index in [1.54, 1.807) is 0 Å². The molecular formula is C63H124NO8P. The van der Waals surface area contributed by atoms with Gasteiger partial charge in [0.25, 0.3) is 0 Å². The lowest BCUT2D eigenvalue weighted by Gasteiger charge is -2.19. The molecule has 0 aromatic heterocycles. The maximum Gasteiger partial charge on any atom is 0.472 e. The molecule has 3 N–H and O–H groups in total. The van der Waals surface area contributed by atoms with Gasteiger partial charge < -0.3 is 20.1 Å². The van der Waals surface area contributed by atoms with Crippen LogP contribution in [0.15, 0.2) is 12.2 Å². The van der Waals surface area contributed by atoms with Gasteiger partial charge in [0.2, 0.25) is 0 Å². The van der Waals surface area contributed by atoms with Crippen molar-refractivity contribution in [2.45, 2.75) is 354 Å². The SMILES string of the molecule is CCCCCCCCCC/C=C\CCCCCCCCCCCCCCCCCCCCCCCCCCCC(=O)OC(COC(=O)CCCCCCCCCCCCCCCCC)COP(=O)(O)OCCN. The summed E-state index contributed by atoms with van der Waals surface area (Å²) in [5, 5.41) is 0. The third kappa shape index (κ3) is 59.8. The van der Waals surface area contributed by atoms with Crippen molar-refractivity contribution in [3.63, 3.8) is 0 Å². The summed E-state index contributed by atoms with van der Waals surface area (Å²) in [6.45, 7) is 3.81. The van der Waals surface area contributed by atoms with Crippen LogP contribution in [-0.4, -0.2) is 49.3 Å². The van der Waals surface area contributed by atoms with E-state index >= 15 is 0 Å². The molecule has 9 nitrogen and oxygen atoms in total. The Balaban J connectivity index is 3.74. The van der Waals surface area contributed by atoms with Gasteiger partial charge in [0.05, 0.1) is 13.2 Å². The van der Waals surface area contributed by atoms with Crippen LogP contribution < -0.4 is 5.73 Å². The minimum atomic E-state index is -4.38. The monoisotopic (exact) mass is 1050 g/mol. The molecule has 0 bridgehead atoms. The Morgan fingerprint density at radius 3 is 0.973 bits per heavy atom. The van der Waals surface area contributed by atoms with Crippen LogP contribution in [0.5, 0.6) is 0 Å². The van der Waals surface area contributed by atoms with Gasteiger partial charge in [-0.15, -0.1) is 0 Å². The molecule has 2 atom stereocenters. The Morgan fingerprint density at radius 1 is 0.397 bits per heavy atom. The molecule has 0 saturated heterocycles. The highest BCUT2D eigenvalue weighted by Gasteiger charge is 2.26. The average Bonchev–Trinajstić information content (AvgIpc) is 3.38. The predicted molar refractivity (Wildman–Crippen MR) is 312 cm³/mol. The topological polar surface area (TPSA) is 134 Å². The zero-order chi connectivity index (χ0) is 53.1. The van der Waals surface area contributed by atoms with Crippen LogP contribution in [0.3, 0.4) is 0 Å². The first-order valence-electron chi connectivity index (χ1n) is 32.2. The first kappa shape index (κ1) is 71.8. The van der Waals surface area contributed by atoms with Gasteiger partial charge in [-0.25, -0.2) is 4.57 Å². The van der Waals surface area contributed by atoms with Crippen LogP contribution in [0.1, 0.15) is 348 Å². The van der Waals surface area contributed by atoms with Crippen molar-refractivity contribution in [2.24, 2.45) is 5.73 Å². The van der Waals surface area contributed by atoms with Gasteiger partial charge in [0.15, 0.2) is 6.10 Å². The second-order valence-electron chi connectivity index (χ2n) is 22.0. The molecule has 434 valence electrons. The number of carbonyl (C=O) groups is 2. The first-order chi connectivity index (χ1) is 35.8. The van der Waals surface area contributed by atoms with Crippen LogP contribution in [0.4, 0.5) is 0 Å². The van der Waals surface area contributed by atoms with Crippen molar-refractivity contribution in [3.8, 4) is 0 Å². The van der Waals surface area contributed by atoms with Crippen LogP contribution in [-0.2, 0) is 32.7 Å². The molecule has 0 aliphatic rings. The van der Waals surface area contributed by atoms with E-state index in [4.69, 9.17) is 24.3 Å². The molecule has 2 unspecified atom stereocenters. The number of unbranched alkanes of at least 4 members (excludes halogenated alkanes) is 47. The van der Waals surface area contributed by atoms with E-state index in [9.17, 15) is 19.0 Å². The van der Waals surface area contributed by atoms with E-state index in [0.29, 0.717) is 6.42 Å². The van der Waals surface area contributed by atoms with Crippen LogP contribution in [0.2, 0.25) is 0 Å². The number of nitrogens with two attached hydrogens (primary N) is 1. The van der Waals surface area contributed by atoms with E-state index in [1.807, 2.05) is 0 Å². The molecule has 0 aliphatic heterocycles. The van der Waals surface area contributed by atoms with Crippen molar-refractivity contribution in [1.82, 2.24) is 0 Å². The Bertz CT molecular complexity index is 1200. The molecule has 0 aromatic carbocycles. The Labute approximate surface area is 453 Å². The van der Waals surface area contributed by atoms with Crippen molar-refractivity contribution in [3.05, 3.63) is 12.2 Å². The summed E-state index contributed by atoms with van der Waals surface area (Å²) in [7, 11) is -4.38. The highest BCUT2D eigenvalue weighted by atomic mass is 31.2. The second kappa shape index (κ2) is 60.0. The lowest BCUT2D eigenvalue weighted by atomic mass is 10.0. The van der Waals surface area contributed by atoms with E-state index in [2.05, 4.69) is 26.0 Å². The molecule has 73 heavy (non-hydrogen) atoms. The first-order valence-corrected chi connectivity index (χ1v) is 33.7. The van der Waals surface area contributed by atoms with E-state index in [1.165, 1.54) is 283 Å². The lowest BCUT2D eigenvalue weighted by Crippen LogP contribution is -2.29. The van der Waals surface area contributed by atoms with E-state index in [0.717, 1.165) is 32.1 Å². The maximum atomic E-state index is 12.7. The average molecular weight is 1050 g/mol. The number of ether oxygens (including phenoxy) is 2. The highest BCUT2D eigenvalue weighted by Crippen LogP contribution is 2.43. The van der Waals surface area contributed by atoms with E-state index < -0.39 is 26.5 Å². The Kier molecular flexibility index (Phi) is 59.0. The number of rotatable bonds is 62. The molecule has 0 heterocycles. The lowest BCUT2D eigenvalue weighted by molar-refractivity contribution is -0.161. The largest absolute Gasteiger partial charge is 0.472 e. The van der Waals surface area contributed by atoms with Crippen LogP contribution in [0.25, 0.3) is 0 Å². The van der Waals surface area contributed by atoms with Crippen molar-refractivity contribution in [1.29, 1.82) is 0 Å². The van der Waals surface area contributed by atoms with Gasteiger partial charge >= 0.3 is 19.8 Å². The summed E-state index contributed by atoms with van der Waals surface area (Å²) in [4.78, 5) is 35.2. The molecule has 0 fully saturated rings. The number of carbonyl (C=O) groups excluding carboxylic acids is 2.